The van der Waals surface area contributed by atoms with Gasteiger partial charge in [-0.3, -0.25) is 25.7 Å². The number of anilines is 1. The topological polar surface area (TPSA) is 131 Å². The van der Waals surface area contributed by atoms with Crippen LogP contribution in [0.3, 0.4) is 0 Å². The molecule has 0 aromatic heterocycles. The number of nitrogens with one attached hydrogen (secondary N) is 1. The van der Waals surface area contributed by atoms with Gasteiger partial charge in [-0.1, -0.05) is 30.2 Å². The van der Waals surface area contributed by atoms with Crippen LogP contribution in [0.2, 0.25) is 0 Å². The van der Waals surface area contributed by atoms with Crippen molar-refractivity contribution < 1.29 is 15.0 Å². The molecular weight excluding hydrogens is 448 g/mol. The molecule has 0 spiro atoms. The zero-order valence-electron chi connectivity index (χ0n) is 21.6. The fourth-order valence-electron chi connectivity index (χ4n) is 5.08. The summed E-state index contributed by atoms with van der Waals surface area (Å²) in [6.45, 7) is 12.4. The zero-order chi connectivity index (χ0) is 26.4. The molecule has 1 aromatic carbocycles. The van der Waals surface area contributed by atoms with Gasteiger partial charge in [0.25, 0.3) is 5.69 Å². The fourth-order valence-corrected chi connectivity index (χ4v) is 5.08. The molecule has 0 aliphatic heterocycles. The van der Waals surface area contributed by atoms with Crippen LogP contribution in [0.15, 0.2) is 46.6 Å². The van der Waals surface area contributed by atoms with Crippen LogP contribution >= 0.6 is 0 Å². The maximum Gasteiger partial charge on any atom is 0.301 e. The first-order valence-corrected chi connectivity index (χ1v) is 12.0. The van der Waals surface area contributed by atoms with Crippen molar-refractivity contribution in [3.63, 3.8) is 0 Å². The molecule has 1 aliphatic carbocycles. The van der Waals surface area contributed by atoms with Crippen molar-refractivity contribution >= 4 is 23.3 Å². The average molecular weight is 487 g/mol. The Kier molecular flexibility index (Phi) is 9.31. The molecule has 2 rings (SSSR count). The minimum absolute atomic E-state index is 0.00868. The van der Waals surface area contributed by atoms with Crippen LogP contribution in [0.4, 0.5) is 17.1 Å². The summed E-state index contributed by atoms with van der Waals surface area (Å²) in [7, 11) is 0. The summed E-state index contributed by atoms with van der Waals surface area (Å²) < 4.78 is 0. The van der Waals surface area contributed by atoms with E-state index in [1.807, 2.05) is 6.92 Å². The predicted octanol–water partition coefficient (Wildman–Crippen LogP) is 6.79. The van der Waals surface area contributed by atoms with Crippen molar-refractivity contribution in [2.45, 2.75) is 79.2 Å². The summed E-state index contributed by atoms with van der Waals surface area (Å²) in [6.07, 6.45) is 10.4. The zero-order valence-corrected chi connectivity index (χ0v) is 21.6. The molecule has 35 heavy (non-hydrogen) atoms. The predicted molar refractivity (Wildman–Crippen MR) is 140 cm³/mol. The third-order valence-electron chi connectivity index (χ3n) is 7.18. The number of benzene rings is 1. The Morgan fingerprint density at radius 2 is 1.80 bits per heavy atom. The second kappa shape index (κ2) is 11.6. The number of nitro benzene ring substituents is 2. The molecule has 0 heterocycles. The molecule has 1 aliphatic rings. The summed E-state index contributed by atoms with van der Waals surface area (Å²) in [4.78, 5) is 21.0. The Morgan fingerprint density at radius 3 is 2.37 bits per heavy atom. The van der Waals surface area contributed by atoms with Crippen LogP contribution in [0.5, 0.6) is 0 Å². The van der Waals surface area contributed by atoms with E-state index in [1.54, 1.807) is 6.21 Å². The minimum atomic E-state index is -1.03. The molecule has 0 amide bonds. The molecule has 1 fully saturated rings. The second-order valence-electron chi connectivity index (χ2n) is 10.5. The van der Waals surface area contributed by atoms with Gasteiger partial charge >= 0.3 is 5.69 Å². The van der Waals surface area contributed by atoms with Gasteiger partial charge in [-0.25, -0.2) is 0 Å². The Labute approximate surface area is 207 Å². The van der Waals surface area contributed by atoms with Crippen molar-refractivity contribution in [1.82, 2.24) is 0 Å². The number of hydrogen-bond acceptors (Lipinski definition) is 7. The molecule has 2 N–H and O–H groups in total. The first kappa shape index (κ1) is 28.2. The Morgan fingerprint density at radius 1 is 1.14 bits per heavy atom. The van der Waals surface area contributed by atoms with Gasteiger partial charge in [0.1, 0.15) is 5.69 Å². The van der Waals surface area contributed by atoms with Crippen molar-refractivity contribution in [1.29, 1.82) is 0 Å². The summed E-state index contributed by atoms with van der Waals surface area (Å²) in [5.74, 6) is -0.242. The van der Waals surface area contributed by atoms with Gasteiger partial charge in [0.2, 0.25) is 0 Å². The number of hydrazone groups is 1. The lowest BCUT2D eigenvalue weighted by atomic mass is 9.55. The minimum Gasteiger partial charge on any atom is -0.389 e. The number of rotatable bonds is 10. The Balaban J connectivity index is 2.27. The Bertz CT molecular complexity index is 1020. The number of non-ortho nitro benzene ring substituents is 1. The van der Waals surface area contributed by atoms with E-state index in [2.05, 4.69) is 57.3 Å². The van der Waals surface area contributed by atoms with E-state index >= 15 is 0 Å². The summed E-state index contributed by atoms with van der Waals surface area (Å²) in [5, 5.41) is 38.3. The number of hydrogen-bond donors (Lipinski definition) is 2. The van der Waals surface area contributed by atoms with Crippen LogP contribution in [0.1, 0.15) is 73.6 Å². The lowest BCUT2D eigenvalue weighted by Crippen LogP contribution is -2.54. The summed E-state index contributed by atoms with van der Waals surface area (Å²) >= 11 is 0. The van der Waals surface area contributed by atoms with E-state index in [-0.39, 0.29) is 28.6 Å². The van der Waals surface area contributed by atoms with Crippen molar-refractivity contribution in [2.75, 3.05) is 5.43 Å². The van der Waals surface area contributed by atoms with E-state index in [0.29, 0.717) is 0 Å². The van der Waals surface area contributed by atoms with Gasteiger partial charge in [0, 0.05) is 18.2 Å². The molecule has 9 nitrogen and oxygen atoms in total. The number of allylic oxidation sites excluding steroid dienone is 4. The van der Waals surface area contributed by atoms with Gasteiger partial charge in [0.05, 0.1) is 21.5 Å². The lowest BCUT2D eigenvalue weighted by Gasteiger charge is -2.53. The molecule has 1 aromatic rings. The van der Waals surface area contributed by atoms with E-state index in [0.717, 1.165) is 38.2 Å². The maximum atomic E-state index is 11.7. The molecule has 0 unspecified atom stereocenters. The Hall–Kier alpha value is -3.07. The standard InChI is InChI=1S/C26H38N4O5/c1-18(2)8-7-14-25(5)15-13-20(26(6,31)24(25)12-9-19(3)4)17-27-28-22-11-10-21(29(32)33)16-23(22)30(34)35/h8-11,16-17,20,24,28,31H,7,12-15H2,1-6H3/b27-17+/t20-,24-,25+,26-/m1/s1. The molecule has 4 atom stereocenters. The van der Waals surface area contributed by atoms with Gasteiger partial charge in [-0.15, -0.1) is 0 Å². The molecule has 0 bridgehead atoms. The van der Waals surface area contributed by atoms with Crippen molar-refractivity contribution in [3.05, 3.63) is 61.7 Å². The monoisotopic (exact) mass is 486 g/mol. The molecule has 1 saturated carbocycles. The lowest BCUT2D eigenvalue weighted by molar-refractivity contribution is -0.393. The molecule has 0 saturated heterocycles. The van der Waals surface area contributed by atoms with Crippen LogP contribution in [0.25, 0.3) is 0 Å². The number of nitro groups is 2. The highest BCUT2D eigenvalue weighted by Gasteiger charge is 2.51. The van der Waals surface area contributed by atoms with Crippen LogP contribution in [0, 0.1) is 37.5 Å². The summed E-state index contributed by atoms with van der Waals surface area (Å²) in [6, 6.07) is 3.36. The first-order valence-electron chi connectivity index (χ1n) is 12.0. The van der Waals surface area contributed by atoms with Crippen LogP contribution in [-0.2, 0) is 0 Å². The van der Waals surface area contributed by atoms with Crippen LogP contribution in [-0.4, -0.2) is 26.8 Å². The average Bonchev–Trinajstić information content (AvgIpc) is 2.74. The fraction of sp³-hybridized carbons (Fsp3) is 0.577. The van der Waals surface area contributed by atoms with Crippen LogP contribution < -0.4 is 5.43 Å². The SMILES string of the molecule is CC(C)=CCC[C@@]1(C)CC[C@H](/C=N/Nc2ccc([N+](=O)[O-])cc2[N+](=O)[O-])[C@@](C)(O)[C@@H]1CC=C(C)C. The van der Waals surface area contributed by atoms with E-state index in [1.165, 1.54) is 23.3 Å². The van der Waals surface area contributed by atoms with E-state index < -0.39 is 21.1 Å². The molecule has 9 heteroatoms. The third-order valence-corrected chi connectivity index (χ3v) is 7.18. The highest BCUT2D eigenvalue weighted by Crippen LogP contribution is 2.53. The highest BCUT2D eigenvalue weighted by molar-refractivity contribution is 5.69. The van der Waals surface area contributed by atoms with Gasteiger partial charge < -0.3 is 5.11 Å². The highest BCUT2D eigenvalue weighted by atomic mass is 16.6. The van der Waals surface area contributed by atoms with Gasteiger partial charge in [-0.05, 0) is 84.1 Å². The van der Waals surface area contributed by atoms with Gasteiger partial charge in [0.15, 0.2) is 0 Å². The largest absolute Gasteiger partial charge is 0.389 e. The van der Waals surface area contributed by atoms with E-state index in [4.69, 9.17) is 0 Å². The number of aliphatic hydroxyl groups is 1. The second-order valence-corrected chi connectivity index (χ2v) is 10.5. The van der Waals surface area contributed by atoms with Crippen molar-refractivity contribution in [3.8, 4) is 0 Å². The maximum absolute atomic E-state index is 11.7. The van der Waals surface area contributed by atoms with Crippen molar-refractivity contribution in [2.24, 2.45) is 22.4 Å². The quantitative estimate of drug-likeness (QED) is 0.162. The third kappa shape index (κ3) is 7.21. The van der Waals surface area contributed by atoms with E-state index in [9.17, 15) is 25.3 Å². The molecule has 192 valence electrons. The van der Waals surface area contributed by atoms with Gasteiger partial charge in [-0.2, -0.15) is 5.10 Å². The molecule has 0 radical (unpaired) electrons. The molecular formula is C26H38N4O5. The first-order chi connectivity index (χ1) is 16.3. The number of nitrogens with zero attached hydrogens (tertiary/aromatic N) is 3. The normalized spacial score (nSPS) is 26.3. The smallest absolute Gasteiger partial charge is 0.301 e. The summed E-state index contributed by atoms with van der Waals surface area (Å²) in [5.41, 5.74) is 3.33.